The molecule has 10 nitrogen and oxygen atoms in total. The van der Waals surface area contributed by atoms with Crippen LogP contribution in [-0.4, -0.2) is 56.3 Å². The van der Waals surface area contributed by atoms with Crippen LogP contribution in [0.5, 0.6) is 0 Å². The molecule has 11 heteroatoms. The Bertz CT molecular complexity index is 1570. The molecule has 41 heavy (non-hydrogen) atoms. The molecule has 1 saturated heterocycles. The van der Waals surface area contributed by atoms with Gasteiger partial charge in [0.2, 0.25) is 5.28 Å². The maximum absolute atomic E-state index is 13.0. The number of aryl methyl sites for hydroxylation is 2. The molecular formula is C30H30ClN5O5. The Kier molecular flexibility index (Phi) is 7.59. The van der Waals surface area contributed by atoms with Crippen molar-refractivity contribution < 1.29 is 23.8 Å². The molecule has 1 aliphatic carbocycles. The number of nitrogens with one attached hydrogen (secondary N) is 1. The zero-order valence-corrected chi connectivity index (χ0v) is 23.5. The zero-order valence-electron chi connectivity index (χ0n) is 22.7. The van der Waals surface area contributed by atoms with E-state index in [2.05, 4.69) is 20.3 Å². The molecule has 1 saturated carbocycles. The van der Waals surface area contributed by atoms with Crippen LogP contribution < -0.4 is 5.32 Å². The smallest absolute Gasteiger partial charge is 0.338 e. The number of benzene rings is 2. The minimum atomic E-state index is -0.717. The van der Waals surface area contributed by atoms with E-state index in [0.717, 1.165) is 24.0 Å². The SMILES string of the molecule is Cc1ccc(C(=O)OC[C@H]2O[C@@H](n3cnc4c(NC5CCC5)nc(Cl)nc43)C[C@@H]2OC(=O)c2ccc(C)cc2)cc1. The fourth-order valence-corrected chi connectivity index (χ4v) is 5.08. The molecule has 0 radical (unpaired) electrons. The van der Waals surface area contributed by atoms with Crippen molar-refractivity contribution >= 4 is 40.5 Å². The summed E-state index contributed by atoms with van der Waals surface area (Å²) in [6.07, 6.45) is 3.20. The second-order valence-electron chi connectivity index (χ2n) is 10.6. The van der Waals surface area contributed by atoms with Gasteiger partial charge in [-0.25, -0.2) is 14.6 Å². The largest absolute Gasteiger partial charge is 0.459 e. The van der Waals surface area contributed by atoms with Crippen molar-refractivity contribution in [1.82, 2.24) is 19.5 Å². The summed E-state index contributed by atoms with van der Waals surface area (Å²) in [5.41, 5.74) is 4.00. The molecule has 2 aromatic carbocycles. The van der Waals surface area contributed by atoms with Crippen molar-refractivity contribution in [3.63, 3.8) is 0 Å². The Morgan fingerprint density at radius 1 is 1.00 bits per heavy atom. The highest BCUT2D eigenvalue weighted by Gasteiger charge is 2.41. The Morgan fingerprint density at radius 3 is 2.29 bits per heavy atom. The number of hydrogen-bond acceptors (Lipinski definition) is 9. The summed E-state index contributed by atoms with van der Waals surface area (Å²) >= 11 is 6.29. The van der Waals surface area contributed by atoms with E-state index in [0.29, 0.717) is 40.6 Å². The van der Waals surface area contributed by atoms with Gasteiger partial charge in [-0.05, 0) is 69.0 Å². The zero-order chi connectivity index (χ0) is 28.5. The number of aromatic nitrogens is 4. The van der Waals surface area contributed by atoms with Gasteiger partial charge < -0.3 is 19.5 Å². The fourth-order valence-electron chi connectivity index (χ4n) is 4.92. The Hall–Kier alpha value is -4.02. The second kappa shape index (κ2) is 11.5. The summed E-state index contributed by atoms with van der Waals surface area (Å²) in [6, 6.07) is 14.6. The molecular weight excluding hydrogens is 546 g/mol. The van der Waals surface area contributed by atoms with E-state index in [1.165, 1.54) is 6.42 Å². The van der Waals surface area contributed by atoms with Crippen LogP contribution in [0.25, 0.3) is 11.2 Å². The van der Waals surface area contributed by atoms with Gasteiger partial charge in [0, 0.05) is 12.5 Å². The van der Waals surface area contributed by atoms with Crippen LogP contribution in [0, 0.1) is 13.8 Å². The molecule has 1 aliphatic heterocycles. The Balaban J connectivity index is 1.24. The fraction of sp³-hybridized carbons (Fsp3) is 0.367. The maximum atomic E-state index is 13.0. The van der Waals surface area contributed by atoms with Gasteiger partial charge >= 0.3 is 11.9 Å². The monoisotopic (exact) mass is 575 g/mol. The van der Waals surface area contributed by atoms with Gasteiger partial charge in [-0.3, -0.25) is 4.57 Å². The van der Waals surface area contributed by atoms with Crippen molar-refractivity contribution in [2.24, 2.45) is 0 Å². The van der Waals surface area contributed by atoms with Crippen molar-refractivity contribution in [3.8, 4) is 0 Å². The molecule has 4 aromatic rings. The summed E-state index contributed by atoms with van der Waals surface area (Å²) < 4.78 is 19.6. The highest BCUT2D eigenvalue weighted by atomic mass is 35.5. The van der Waals surface area contributed by atoms with E-state index in [1.54, 1.807) is 35.2 Å². The van der Waals surface area contributed by atoms with Crippen molar-refractivity contribution in [3.05, 3.63) is 82.4 Å². The minimum Gasteiger partial charge on any atom is -0.459 e. The molecule has 2 fully saturated rings. The average Bonchev–Trinajstić information content (AvgIpc) is 3.53. The first-order valence-electron chi connectivity index (χ1n) is 13.7. The van der Waals surface area contributed by atoms with Gasteiger partial charge in [0.05, 0.1) is 17.5 Å². The van der Waals surface area contributed by atoms with E-state index in [4.69, 9.17) is 25.8 Å². The number of rotatable bonds is 8. The molecule has 0 spiro atoms. The summed E-state index contributed by atoms with van der Waals surface area (Å²) in [4.78, 5) is 39.1. The lowest BCUT2D eigenvalue weighted by Crippen LogP contribution is -2.32. The lowest BCUT2D eigenvalue weighted by molar-refractivity contribution is -0.0563. The van der Waals surface area contributed by atoms with Crippen LogP contribution in [0.1, 0.15) is 63.8 Å². The van der Waals surface area contributed by atoms with Gasteiger partial charge in [0.1, 0.15) is 25.0 Å². The number of halogens is 1. The predicted molar refractivity (Wildman–Crippen MR) is 152 cm³/mol. The third-order valence-electron chi connectivity index (χ3n) is 7.54. The number of hydrogen-bond donors (Lipinski definition) is 1. The number of esters is 2. The number of carbonyl (C=O) groups is 2. The number of ether oxygens (including phenoxy) is 3. The second-order valence-corrected chi connectivity index (χ2v) is 10.9. The minimum absolute atomic E-state index is 0.0880. The van der Waals surface area contributed by atoms with Crippen LogP contribution >= 0.6 is 11.6 Å². The first kappa shape index (κ1) is 27.2. The molecule has 1 N–H and O–H groups in total. The highest BCUT2D eigenvalue weighted by molar-refractivity contribution is 6.28. The third kappa shape index (κ3) is 5.89. The summed E-state index contributed by atoms with van der Waals surface area (Å²) in [5.74, 6) is -0.394. The van der Waals surface area contributed by atoms with Crippen molar-refractivity contribution in [1.29, 1.82) is 0 Å². The molecule has 3 heterocycles. The first-order valence-corrected chi connectivity index (χ1v) is 14.1. The summed E-state index contributed by atoms with van der Waals surface area (Å²) in [7, 11) is 0. The van der Waals surface area contributed by atoms with E-state index in [1.807, 2.05) is 38.1 Å². The van der Waals surface area contributed by atoms with Gasteiger partial charge in [-0.1, -0.05) is 35.4 Å². The van der Waals surface area contributed by atoms with E-state index >= 15 is 0 Å². The number of carbonyl (C=O) groups excluding carboxylic acids is 2. The Labute approximate surface area is 242 Å². The topological polar surface area (TPSA) is 117 Å². The average molecular weight is 576 g/mol. The molecule has 2 aromatic heterocycles. The van der Waals surface area contributed by atoms with Gasteiger partial charge in [0.25, 0.3) is 0 Å². The van der Waals surface area contributed by atoms with Crippen molar-refractivity contribution in [2.75, 3.05) is 11.9 Å². The number of anilines is 1. The van der Waals surface area contributed by atoms with Crippen LogP contribution in [-0.2, 0) is 14.2 Å². The predicted octanol–water partition coefficient (Wildman–Crippen LogP) is 5.43. The first-order chi connectivity index (χ1) is 19.8. The molecule has 212 valence electrons. The quantitative estimate of drug-likeness (QED) is 0.217. The van der Waals surface area contributed by atoms with Crippen molar-refractivity contribution in [2.45, 2.75) is 64.0 Å². The number of imidazole rings is 1. The third-order valence-corrected chi connectivity index (χ3v) is 7.71. The lowest BCUT2D eigenvalue weighted by Gasteiger charge is -2.26. The molecule has 0 amide bonds. The molecule has 0 unspecified atom stereocenters. The van der Waals surface area contributed by atoms with Gasteiger partial charge in [0.15, 0.2) is 17.0 Å². The molecule has 6 rings (SSSR count). The summed E-state index contributed by atoms with van der Waals surface area (Å²) in [6.45, 7) is 3.78. The molecule has 2 aliphatic rings. The van der Waals surface area contributed by atoms with Gasteiger partial charge in [-0.2, -0.15) is 9.97 Å². The Morgan fingerprint density at radius 2 is 1.66 bits per heavy atom. The highest BCUT2D eigenvalue weighted by Crippen LogP contribution is 2.35. The molecule has 3 atom stereocenters. The van der Waals surface area contributed by atoms with Crippen LogP contribution in [0.2, 0.25) is 5.28 Å². The standard InChI is InChI=1S/C30H30ClN5O5/c1-17-6-10-19(11-7-17)28(37)39-15-23-22(41-29(38)20-12-8-18(2)9-13-20)14-24(40-23)36-16-32-25-26(33-21-4-3-5-21)34-30(31)35-27(25)36/h6-13,16,21-24H,3-5,14-15H2,1-2H3,(H,33,34,35)/t22-,23+,24+/m0/s1. The van der Waals surface area contributed by atoms with Crippen LogP contribution in [0.4, 0.5) is 5.82 Å². The molecule has 0 bridgehead atoms. The number of nitrogens with zero attached hydrogens (tertiary/aromatic N) is 4. The van der Waals surface area contributed by atoms with E-state index < -0.39 is 30.4 Å². The van der Waals surface area contributed by atoms with Crippen LogP contribution in [0.3, 0.4) is 0 Å². The normalized spacial score (nSPS) is 20.5. The lowest BCUT2D eigenvalue weighted by atomic mass is 9.93. The summed E-state index contributed by atoms with van der Waals surface area (Å²) in [5, 5.41) is 3.49. The van der Waals surface area contributed by atoms with Gasteiger partial charge in [-0.15, -0.1) is 0 Å². The van der Waals surface area contributed by atoms with E-state index in [9.17, 15) is 9.59 Å². The van der Waals surface area contributed by atoms with Crippen LogP contribution in [0.15, 0.2) is 54.9 Å². The van der Waals surface area contributed by atoms with E-state index in [-0.39, 0.29) is 11.9 Å². The maximum Gasteiger partial charge on any atom is 0.338 e. The number of fused-ring (bicyclic) bond motifs is 1.